The Morgan fingerprint density at radius 3 is 2.55 bits per heavy atom. The molecule has 6 nitrogen and oxygen atoms in total. The van der Waals surface area contributed by atoms with Gasteiger partial charge in [-0.1, -0.05) is 18.2 Å². The second-order valence-electron chi connectivity index (χ2n) is 4.09. The van der Waals surface area contributed by atoms with Gasteiger partial charge in [0, 0.05) is 18.0 Å². The number of hydrogen-bond donors (Lipinski definition) is 1. The summed E-state index contributed by atoms with van der Waals surface area (Å²) in [5.74, 6) is 0.684. The van der Waals surface area contributed by atoms with Crippen LogP contribution in [0.15, 0.2) is 52.4 Å². The van der Waals surface area contributed by atoms with Gasteiger partial charge < -0.3 is 10.5 Å². The van der Waals surface area contributed by atoms with Gasteiger partial charge in [0.05, 0.1) is 17.4 Å². The molecule has 0 spiro atoms. The van der Waals surface area contributed by atoms with Gasteiger partial charge in [0.2, 0.25) is 16.7 Å². The van der Waals surface area contributed by atoms with Crippen LogP contribution in [0.1, 0.15) is 0 Å². The second kappa shape index (κ2) is 4.58. The van der Waals surface area contributed by atoms with Crippen LogP contribution in [0.4, 0.5) is 5.69 Å². The normalized spacial score (nSPS) is 10.6. The van der Waals surface area contributed by atoms with Gasteiger partial charge in [-0.25, -0.2) is 4.98 Å². The van der Waals surface area contributed by atoms with Gasteiger partial charge in [-0.2, -0.15) is 0 Å². The van der Waals surface area contributed by atoms with Gasteiger partial charge >= 0.3 is 0 Å². The minimum atomic E-state index is -0.658. The second-order valence-corrected chi connectivity index (χ2v) is 4.09. The SMILES string of the molecule is Nc1c(-c2ccccc2Oc2cnccn2)c(=O)c1=O. The molecule has 0 aliphatic heterocycles. The minimum Gasteiger partial charge on any atom is -0.437 e. The van der Waals surface area contributed by atoms with Crippen LogP contribution in [0.25, 0.3) is 11.1 Å². The van der Waals surface area contributed by atoms with Crippen molar-refractivity contribution in [2.75, 3.05) is 5.73 Å². The third-order valence-electron chi connectivity index (χ3n) is 2.86. The number of rotatable bonds is 3. The number of aromatic nitrogens is 2. The standard InChI is InChI=1S/C14H9N3O3/c15-12-11(13(18)14(12)19)8-3-1-2-4-9(8)20-10-7-16-5-6-17-10/h1-7H,15H2. The third kappa shape index (κ3) is 1.83. The van der Waals surface area contributed by atoms with Crippen molar-refractivity contribution in [1.29, 1.82) is 0 Å². The highest BCUT2D eigenvalue weighted by atomic mass is 16.5. The first-order chi connectivity index (χ1) is 9.68. The van der Waals surface area contributed by atoms with E-state index in [9.17, 15) is 9.59 Å². The maximum absolute atomic E-state index is 11.6. The summed E-state index contributed by atoms with van der Waals surface area (Å²) in [5, 5.41) is 0. The predicted molar refractivity (Wildman–Crippen MR) is 73.3 cm³/mol. The summed E-state index contributed by atoms with van der Waals surface area (Å²) in [4.78, 5) is 30.7. The zero-order valence-corrected chi connectivity index (χ0v) is 10.2. The van der Waals surface area contributed by atoms with Crippen LogP contribution in [0, 0.1) is 0 Å². The molecule has 0 atom stereocenters. The van der Waals surface area contributed by atoms with Crippen molar-refractivity contribution in [3.8, 4) is 22.8 Å². The highest BCUT2D eigenvalue weighted by Crippen LogP contribution is 2.33. The first-order valence-corrected chi connectivity index (χ1v) is 5.80. The van der Waals surface area contributed by atoms with Crippen LogP contribution in [0.3, 0.4) is 0 Å². The first-order valence-electron chi connectivity index (χ1n) is 5.80. The maximum atomic E-state index is 11.6. The molecule has 0 bridgehead atoms. The molecule has 0 aliphatic carbocycles. The van der Waals surface area contributed by atoms with Crippen LogP contribution in [0.5, 0.6) is 11.6 Å². The molecule has 1 aromatic heterocycles. The summed E-state index contributed by atoms with van der Waals surface area (Å²) in [6.45, 7) is 0. The zero-order valence-electron chi connectivity index (χ0n) is 10.2. The molecule has 0 amide bonds. The molecular weight excluding hydrogens is 258 g/mol. The van der Waals surface area contributed by atoms with Crippen LogP contribution in [0.2, 0.25) is 0 Å². The Morgan fingerprint density at radius 2 is 1.85 bits per heavy atom. The molecule has 98 valence electrons. The van der Waals surface area contributed by atoms with Crippen molar-refractivity contribution in [2.45, 2.75) is 0 Å². The van der Waals surface area contributed by atoms with Crippen molar-refractivity contribution < 1.29 is 4.74 Å². The Labute approximate surface area is 113 Å². The molecule has 0 unspecified atom stereocenters. The lowest BCUT2D eigenvalue weighted by Crippen LogP contribution is -2.35. The van der Waals surface area contributed by atoms with E-state index in [2.05, 4.69) is 9.97 Å². The average Bonchev–Trinajstić information content (AvgIpc) is 2.50. The van der Waals surface area contributed by atoms with Gasteiger partial charge in [-0.05, 0) is 6.07 Å². The van der Waals surface area contributed by atoms with Crippen LogP contribution >= 0.6 is 0 Å². The van der Waals surface area contributed by atoms with Crippen LogP contribution in [-0.4, -0.2) is 9.97 Å². The van der Waals surface area contributed by atoms with Crippen LogP contribution in [-0.2, 0) is 0 Å². The topological polar surface area (TPSA) is 95.2 Å². The Hall–Kier alpha value is -3.02. The van der Waals surface area contributed by atoms with Crippen molar-refractivity contribution in [2.24, 2.45) is 0 Å². The largest absolute Gasteiger partial charge is 0.437 e. The van der Waals surface area contributed by atoms with Gasteiger partial charge in [0.15, 0.2) is 0 Å². The fourth-order valence-corrected chi connectivity index (χ4v) is 1.89. The molecule has 0 saturated carbocycles. The van der Waals surface area contributed by atoms with Gasteiger partial charge in [0.1, 0.15) is 5.75 Å². The summed E-state index contributed by atoms with van der Waals surface area (Å²) in [6.07, 6.45) is 4.46. The summed E-state index contributed by atoms with van der Waals surface area (Å²) in [6, 6.07) is 6.81. The summed E-state index contributed by atoms with van der Waals surface area (Å²) in [5.41, 5.74) is 4.94. The number of nitrogens with two attached hydrogens (primary N) is 1. The van der Waals surface area contributed by atoms with E-state index in [4.69, 9.17) is 10.5 Å². The number of para-hydroxylation sites is 1. The summed E-state index contributed by atoms with van der Waals surface area (Å²) < 4.78 is 5.57. The third-order valence-corrected chi connectivity index (χ3v) is 2.86. The van der Waals surface area contributed by atoms with E-state index in [0.717, 1.165) is 0 Å². The summed E-state index contributed by atoms with van der Waals surface area (Å²) in [7, 11) is 0. The molecule has 3 rings (SSSR count). The number of anilines is 1. The molecule has 0 saturated heterocycles. The molecule has 20 heavy (non-hydrogen) atoms. The fraction of sp³-hybridized carbons (Fsp3) is 0. The smallest absolute Gasteiger partial charge is 0.249 e. The molecular formula is C14H9N3O3. The number of ether oxygens (including phenoxy) is 1. The fourth-order valence-electron chi connectivity index (χ4n) is 1.89. The van der Waals surface area contributed by atoms with Gasteiger partial charge in [-0.15, -0.1) is 0 Å². The average molecular weight is 267 g/mol. The van der Waals surface area contributed by atoms with E-state index >= 15 is 0 Å². The van der Waals surface area contributed by atoms with Crippen molar-refractivity contribution >= 4 is 5.69 Å². The Balaban J connectivity index is 2.06. The first kappa shape index (κ1) is 12.0. The lowest BCUT2D eigenvalue weighted by Gasteiger charge is -2.12. The quantitative estimate of drug-likeness (QED) is 0.714. The molecule has 1 heterocycles. The Bertz CT molecular complexity index is 836. The van der Waals surface area contributed by atoms with E-state index in [1.165, 1.54) is 18.6 Å². The van der Waals surface area contributed by atoms with E-state index in [1.807, 2.05) is 0 Å². The number of benzene rings is 1. The van der Waals surface area contributed by atoms with Crippen LogP contribution < -0.4 is 21.3 Å². The Morgan fingerprint density at radius 1 is 1.05 bits per heavy atom. The molecule has 6 heteroatoms. The van der Waals surface area contributed by atoms with Gasteiger partial charge in [0.25, 0.3) is 0 Å². The zero-order chi connectivity index (χ0) is 14.1. The Kier molecular flexibility index (Phi) is 2.76. The van der Waals surface area contributed by atoms with E-state index in [-0.39, 0.29) is 17.1 Å². The van der Waals surface area contributed by atoms with Crippen molar-refractivity contribution in [3.63, 3.8) is 0 Å². The molecule has 0 aliphatic rings. The summed E-state index contributed by atoms with van der Waals surface area (Å²) >= 11 is 0. The maximum Gasteiger partial charge on any atom is 0.249 e. The highest BCUT2D eigenvalue weighted by Gasteiger charge is 2.22. The molecule has 3 aromatic rings. The van der Waals surface area contributed by atoms with Gasteiger partial charge in [-0.3, -0.25) is 14.6 Å². The van der Waals surface area contributed by atoms with E-state index in [0.29, 0.717) is 11.3 Å². The lowest BCUT2D eigenvalue weighted by molar-refractivity contribution is 0.462. The highest BCUT2D eigenvalue weighted by molar-refractivity contribution is 5.83. The molecule has 0 fully saturated rings. The number of nitrogens with zero attached hydrogens (tertiary/aromatic N) is 2. The predicted octanol–water partition coefficient (Wildman–Crippen LogP) is 1.11. The molecule has 2 aromatic carbocycles. The molecule has 2 N–H and O–H groups in total. The van der Waals surface area contributed by atoms with Crippen molar-refractivity contribution in [3.05, 3.63) is 63.3 Å². The van der Waals surface area contributed by atoms with E-state index < -0.39 is 10.9 Å². The minimum absolute atomic E-state index is 0.0369. The monoisotopic (exact) mass is 267 g/mol. The molecule has 0 radical (unpaired) electrons. The lowest BCUT2D eigenvalue weighted by atomic mass is 9.98. The van der Waals surface area contributed by atoms with Crippen molar-refractivity contribution in [1.82, 2.24) is 9.97 Å². The number of hydrogen-bond acceptors (Lipinski definition) is 6. The number of nitrogen functional groups attached to an aromatic ring is 1. The van der Waals surface area contributed by atoms with E-state index in [1.54, 1.807) is 24.3 Å².